The van der Waals surface area contributed by atoms with E-state index in [9.17, 15) is 14.0 Å². The zero-order valence-electron chi connectivity index (χ0n) is 12.5. The molecule has 1 rings (SSSR count). The van der Waals surface area contributed by atoms with Gasteiger partial charge in [-0.3, -0.25) is 9.59 Å². The molecule has 0 bridgehead atoms. The van der Waals surface area contributed by atoms with Gasteiger partial charge in [-0.15, -0.1) is 0 Å². The van der Waals surface area contributed by atoms with Crippen LogP contribution in [-0.4, -0.2) is 36.5 Å². The van der Waals surface area contributed by atoms with Gasteiger partial charge in [0, 0.05) is 18.7 Å². The SMILES string of the molecule is COC(=O)CCN(C(=O)/C=C/c1ccc(F)cc1)C(C)C. The molecule has 0 heterocycles. The Labute approximate surface area is 124 Å². The molecule has 0 saturated carbocycles. The van der Waals surface area contributed by atoms with Crippen molar-refractivity contribution in [2.75, 3.05) is 13.7 Å². The summed E-state index contributed by atoms with van der Waals surface area (Å²) in [5, 5.41) is 0. The van der Waals surface area contributed by atoms with Crippen LogP contribution in [0.3, 0.4) is 0 Å². The molecule has 1 amide bonds. The monoisotopic (exact) mass is 293 g/mol. The molecule has 0 aliphatic carbocycles. The van der Waals surface area contributed by atoms with Gasteiger partial charge in [0.25, 0.3) is 0 Å². The molecule has 0 spiro atoms. The maximum absolute atomic E-state index is 12.8. The summed E-state index contributed by atoms with van der Waals surface area (Å²) < 4.78 is 17.4. The maximum Gasteiger partial charge on any atom is 0.307 e. The van der Waals surface area contributed by atoms with Crippen LogP contribution in [-0.2, 0) is 14.3 Å². The molecule has 21 heavy (non-hydrogen) atoms. The third kappa shape index (κ3) is 5.77. The number of benzene rings is 1. The van der Waals surface area contributed by atoms with Crippen LogP contribution in [0, 0.1) is 5.82 Å². The molecule has 0 aromatic heterocycles. The molecule has 0 fully saturated rings. The van der Waals surface area contributed by atoms with E-state index in [-0.39, 0.29) is 30.2 Å². The van der Waals surface area contributed by atoms with E-state index in [1.54, 1.807) is 23.1 Å². The van der Waals surface area contributed by atoms with Crippen LogP contribution in [0.2, 0.25) is 0 Å². The minimum atomic E-state index is -0.351. The summed E-state index contributed by atoms with van der Waals surface area (Å²) in [5.41, 5.74) is 0.737. The van der Waals surface area contributed by atoms with Crippen LogP contribution >= 0.6 is 0 Å². The van der Waals surface area contributed by atoms with E-state index < -0.39 is 0 Å². The second kappa shape index (κ2) is 8.19. The van der Waals surface area contributed by atoms with Gasteiger partial charge in [-0.25, -0.2) is 4.39 Å². The number of hydrogen-bond acceptors (Lipinski definition) is 3. The lowest BCUT2D eigenvalue weighted by Gasteiger charge is -2.25. The predicted molar refractivity (Wildman–Crippen MR) is 78.9 cm³/mol. The fourth-order valence-corrected chi connectivity index (χ4v) is 1.77. The number of rotatable bonds is 6. The van der Waals surface area contributed by atoms with Gasteiger partial charge in [-0.05, 0) is 37.6 Å². The second-order valence-electron chi connectivity index (χ2n) is 4.84. The van der Waals surface area contributed by atoms with Gasteiger partial charge in [0.2, 0.25) is 5.91 Å². The van der Waals surface area contributed by atoms with E-state index in [4.69, 9.17) is 0 Å². The molecule has 0 radical (unpaired) electrons. The summed E-state index contributed by atoms with van der Waals surface area (Å²) >= 11 is 0. The molecular formula is C16H20FNO3. The van der Waals surface area contributed by atoms with E-state index in [1.165, 1.54) is 25.3 Å². The average molecular weight is 293 g/mol. The Kier molecular flexibility index (Phi) is 6.59. The maximum atomic E-state index is 12.8. The highest BCUT2D eigenvalue weighted by atomic mass is 19.1. The van der Waals surface area contributed by atoms with Gasteiger partial charge in [0.05, 0.1) is 13.5 Å². The smallest absolute Gasteiger partial charge is 0.307 e. The topological polar surface area (TPSA) is 46.6 Å². The summed E-state index contributed by atoms with van der Waals surface area (Å²) in [6.07, 6.45) is 3.20. The van der Waals surface area contributed by atoms with Crippen molar-refractivity contribution in [3.8, 4) is 0 Å². The van der Waals surface area contributed by atoms with Crippen molar-refractivity contribution in [1.29, 1.82) is 0 Å². The fourth-order valence-electron chi connectivity index (χ4n) is 1.77. The molecule has 0 N–H and O–H groups in total. The minimum Gasteiger partial charge on any atom is -0.469 e. The van der Waals surface area contributed by atoms with E-state index in [2.05, 4.69) is 4.74 Å². The highest BCUT2D eigenvalue weighted by Gasteiger charge is 2.15. The number of esters is 1. The number of methoxy groups -OCH3 is 1. The number of nitrogens with zero attached hydrogens (tertiary/aromatic N) is 1. The minimum absolute atomic E-state index is 0.0278. The average Bonchev–Trinajstić information content (AvgIpc) is 2.46. The number of ether oxygens (including phenoxy) is 1. The van der Waals surface area contributed by atoms with Crippen molar-refractivity contribution in [2.24, 2.45) is 0 Å². The molecule has 1 aromatic rings. The van der Waals surface area contributed by atoms with Crippen LogP contribution in [0.25, 0.3) is 6.08 Å². The van der Waals surface area contributed by atoms with Gasteiger partial charge < -0.3 is 9.64 Å². The Balaban J connectivity index is 2.68. The quantitative estimate of drug-likeness (QED) is 0.598. The third-order valence-electron chi connectivity index (χ3n) is 2.98. The van der Waals surface area contributed by atoms with Crippen LogP contribution in [0.5, 0.6) is 0 Å². The lowest BCUT2D eigenvalue weighted by Crippen LogP contribution is -2.37. The van der Waals surface area contributed by atoms with Crippen LogP contribution in [0.4, 0.5) is 4.39 Å². The molecule has 5 heteroatoms. The predicted octanol–water partition coefficient (Wildman–Crippen LogP) is 2.64. The van der Waals surface area contributed by atoms with Crippen molar-refractivity contribution in [2.45, 2.75) is 26.3 Å². The first-order valence-corrected chi connectivity index (χ1v) is 6.75. The number of hydrogen-bond donors (Lipinski definition) is 0. The van der Waals surface area contributed by atoms with Crippen molar-refractivity contribution in [1.82, 2.24) is 4.90 Å². The van der Waals surface area contributed by atoms with Crippen molar-refractivity contribution in [3.63, 3.8) is 0 Å². The molecular weight excluding hydrogens is 273 g/mol. The highest BCUT2D eigenvalue weighted by molar-refractivity contribution is 5.92. The zero-order chi connectivity index (χ0) is 15.8. The highest BCUT2D eigenvalue weighted by Crippen LogP contribution is 2.07. The summed E-state index contributed by atoms with van der Waals surface area (Å²) in [4.78, 5) is 24.9. The first-order chi connectivity index (χ1) is 9.93. The third-order valence-corrected chi connectivity index (χ3v) is 2.98. The lowest BCUT2D eigenvalue weighted by molar-refractivity contribution is -0.141. The number of carbonyl (C=O) groups is 2. The van der Waals surface area contributed by atoms with Crippen molar-refractivity contribution in [3.05, 3.63) is 41.7 Å². The van der Waals surface area contributed by atoms with Gasteiger partial charge >= 0.3 is 5.97 Å². The largest absolute Gasteiger partial charge is 0.469 e. The second-order valence-corrected chi connectivity index (χ2v) is 4.84. The normalized spacial score (nSPS) is 10.9. The molecule has 0 unspecified atom stereocenters. The standard InChI is InChI=1S/C16H20FNO3/c1-12(2)18(11-10-16(20)21-3)15(19)9-6-13-4-7-14(17)8-5-13/h4-9,12H,10-11H2,1-3H3/b9-6+. The summed E-state index contributed by atoms with van der Waals surface area (Å²) in [7, 11) is 1.32. The number of carbonyl (C=O) groups excluding carboxylic acids is 2. The Hall–Kier alpha value is -2.17. The van der Waals surface area contributed by atoms with Crippen LogP contribution in [0.1, 0.15) is 25.8 Å². The molecule has 0 atom stereocenters. The van der Waals surface area contributed by atoms with Gasteiger partial charge in [0.15, 0.2) is 0 Å². The van der Waals surface area contributed by atoms with Crippen molar-refractivity contribution >= 4 is 18.0 Å². The summed E-state index contributed by atoms with van der Waals surface area (Å²) in [5.74, 6) is -0.866. The number of amides is 1. The van der Waals surface area contributed by atoms with Crippen LogP contribution in [0.15, 0.2) is 30.3 Å². The molecule has 1 aromatic carbocycles. The summed E-state index contributed by atoms with van der Waals surface area (Å²) in [6.45, 7) is 4.05. The van der Waals surface area contributed by atoms with Gasteiger partial charge in [0.1, 0.15) is 5.82 Å². The van der Waals surface area contributed by atoms with E-state index in [0.29, 0.717) is 6.54 Å². The first kappa shape index (κ1) is 16.9. The fraction of sp³-hybridized carbons (Fsp3) is 0.375. The molecule has 0 saturated heterocycles. The van der Waals surface area contributed by atoms with Gasteiger partial charge in [-0.2, -0.15) is 0 Å². The van der Waals surface area contributed by atoms with Gasteiger partial charge in [-0.1, -0.05) is 12.1 Å². The molecule has 114 valence electrons. The summed E-state index contributed by atoms with van der Waals surface area (Å²) in [6, 6.07) is 5.82. The number of halogens is 1. The Morgan fingerprint density at radius 1 is 1.29 bits per heavy atom. The zero-order valence-corrected chi connectivity index (χ0v) is 12.5. The molecule has 4 nitrogen and oxygen atoms in total. The first-order valence-electron chi connectivity index (χ1n) is 6.75. The Morgan fingerprint density at radius 3 is 2.43 bits per heavy atom. The molecule has 0 aliphatic heterocycles. The lowest BCUT2D eigenvalue weighted by atomic mass is 10.2. The Bertz CT molecular complexity index is 509. The van der Waals surface area contributed by atoms with Crippen LogP contribution < -0.4 is 0 Å². The Morgan fingerprint density at radius 2 is 1.90 bits per heavy atom. The van der Waals surface area contributed by atoms with E-state index in [0.717, 1.165) is 5.56 Å². The van der Waals surface area contributed by atoms with Crippen molar-refractivity contribution < 1.29 is 18.7 Å². The van der Waals surface area contributed by atoms with E-state index in [1.807, 2.05) is 13.8 Å². The molecule has 0 aliphatic rings. The van der Waals surface area contributed by atoms with E-state index >= 15 is 0 Å².